The second kappa shape index (κ2) is 10.5. The molecule has 8 bridgehead atoms. The number of fused-ring (bicyclic) bond motifs is 8. The smallest absolute Gasteiger partial charge is 0.265 e. The lowest BCUT2D eigenvalue weighted by Gasteiger charge is -2.58. The van der Waals surface area contributed by atoms with E-state index in [-0.39, 0.29) is 49.8 Å². The number of piperazine rings is 2. The number of rotatable bonds is 3. The van der Waals surface area contributed by atoms with Crippen molar-refractivity contribution in [3.8, 4) is 0 Å². The zero-order chi connectivity index (χ0) is 35.2. The normalized spacial score (nSPS) is 36.0. The van der Waals surface area contributed by atoms with Gasteiger partial charge in [0.1, 0.15) is 18.4 Å². The van der Waals surface area contributed by atoms with E-state index in [1.165, 1.54) is 50.0 Å². The van der Waals surface area contributed by atoms with E-state index < -0.39 is 37.8 Å². The van der Waals surface area contributed by atoms with Crippen LogP contribution in [0.5, 0.6) is 0 Å². The van der Waals surface area contributed by atoms with Crippen molar-refractivity contribution in [1.29, 1.82) is 0 Å². The summed E-state index contributed by atoms with van der Waals surface area (Å²) in [6.07, 6.45) is 5.54. The zero-order valence-corrected chi connectivity index (χ0v) is 31.4. The van der Waals surface area contributed by atoms with Gasteiger partial charge in [-0.3, -0.25) is 24.1 Å². The van der Waals surface area contributed by atoms with E-state index in [0.717, 1.165) is 27.7 Å². The van der Waals surface area contributed by atoms with Crippen molar-refractivity contribution in [2.75, 3.05) is 58.5 Å². The van der Waals surface area contributed by atoms with Crippen molar-refractivity contribution < 1.29 is 29.0 Å². The molecule has 1 spiro atoms. The third-order valence-corrected chi connectivity index (χ3v) is 18.2. The Balaban J connectivity index is 1.37. The molecule has 262 valence electrons. The molecule has 16 heteroatoms. The summed E-state index contributed by atoms with van der Waals surface area (Å²) in [7, 11) is 7.61. The van der Waals surface area contributed by atoms with Crippen LogP contribution in [0.1, 0.15) is 17.5 Å². The SMILES string of the molecule is CS[C@]12COCN3c4ccccc4[C@]4(C[C@@]56SS[C@@](CO)(C(=O)N5C34)N(C)C6=O)n3cc(c4ccccc43)C[C@](SC)(C(=O)N1C)N(C)C2=O. The van der Waals surface area contributed by atoms with Gasteiger partial charge in [0.25, 0.3) is 23.6 Å². The molecule has 0 saturated carbocycles. The average molecular weight is 753 g/mol. The number of para-hydroxylation sites is 2. The van der Waals surface area contributed by atoms with Crippen molar-refractivity contribution in [2.45, 2.75) is 44.0 Å². The third-order valence-electron chi connectivity index (χ3n) is 12.0. The fourth-order valence-electron chi connectivity index (χ4n) is 9.37. The lowest BCUT2D eigenvalue weighted by Crippen LogP contribution is -2.78. The Labute approximate surface area is 305 Å². The van der Waals surface area contributed by atoms with Crippen molar-refractivity contribution in [2.24, 2.45) is 0 Å². The van der Waals surface area contributed by atoms with E-state index in [2.05, 4.69) is 16.8 Å². The average Bonchev–Trinajstić information content (AvgIpc) is 3.75. The van der Waals surface area contributed by atoms with Crippen molar-refractivity contribution in [3.63, 3.8) is 0 Å². The van der Waals surface area contributed by atoms with E-state index in [4.69, 9.17) is 4.74 Å². The van der Waals surface area contributed by atoms with E-state index >= 15 is 0 Å². The van der Waals surface area contributed by atoms with E-state index in [9.17, 15) is 24.3 Å². The zero-order valence-electron chi connectivity index (χ0n) is 28.1. The summed E-state index contributed by atoms with van der Waals surface area (Å²) in [5.74, 6) is -0.959. The summed E-state index contributed by atoms with van der Waals surface area (Å²) in [6.45, 7) is -0.652. The first-order valence-corrected chi connectivity index (χ1v) is 20.9. The van der Waals surface area contributed by atoms with E-state index in [1.807, 2.05) is 59.9 Å². The van der Waals surface area contributed by atoms with Crippen molar-refractivity contribution >= 4 is 85.3 Å². The highest BCUT2D eigenvalue weighted by molar-refractivity contribution is 8.78. The number of nitrogens with zero attached hydrogens (tertiary/aromatic N) is 6. The predicted molar refractivity (Wildman–Crippen MR) is 196 cm³/mol. The molecule has 1 N–H and O–H groups in total. The molecule has 8 aliphatic rings. The molecular weight excluding hydrogens is 717 g/mol. The number of carbonyl (C=O) groups is 4. The molecule has 11 rings (SSSR count). The van der Waals surface area contributed by atoms with Gasteiger partial charge in [0, 0.05) is 62.3 Å². The van der Waals surface area contributed by atoms with Crippen LogP contribution in [0, 0.1) is 0 Å². The third kappa shape index (κ3) is 3.44. The van der Waals surface area contributed by atoms with Crippen LogP contribution in [0.2, 0.25) is 0 Å². The Morgan fingerprint density at radius 1 is 0.860 bits per heavy atom. The van der Waals surface area contributed by atoms with Crippen LogP contribution < -0.4 is 4.90 Å². The number of amides is 4. The first-order valence-electron chi connectivity index (χ1n) is 16.3. The lowest BCUT2D eigenvalue weighted by atomic mass is 9.86. The van der Waals surface area contributed by atoms with Crippen LogP contribution in [-0.4, -0.2) is 132 Å². The van der Waals surface area contributed by atoms with Gasteiger partial charge in [-0.15, -0.1) is 23.5 Å². The highest BCUT2D eigenvalue weighted by Crippen LogP contribution is 2.70. The minimum atomic E-state index is -1.47. The highest BCUT2D eigenvalue weighted by atomic mass is 33.1. The largest absolute Gasteiger partial charge is 0.392 e. The van der Waals surface area contributed by atoms with E-state index in [1.54, 1.807) is 35.8 Å². The Hall–Kier alpha value is -3.02. The van der Waals surface area contributed by atoms with Gasteiger partial charge in [0.15, 0.2) is 14.6 Å². The molecule has 5 saturated heterocycles. The number of hydrogen-bond donors (Lipinski definition) is 1. The van der Waals surface area contributed by atoms with Crippen LogP contribution in [0.4, 0.5) is 5.69 Å². The second-order valence-electron chi connectivity index (χ2n) is 13.8. The van der Waals surface area contributed by atoms with Gasteiger partial charge in [-0.25, -0.2) is 0 Å². The highest BCUT2D eigenvalue weighted by Gasteiger charge is 2.79. The fraction of sp³-hybridized carbons (Fsp3) is 0.471. The Bertz CT molecular complexity index is 2050. The molecule has 1 unspecified atom stereocenters. The van der Waals surface area contributed by atoms with Gasteiger partial charge in [-0.05, 0) is 41.0 Å². The standard InChI is InChI=1S/C34H36N6O6S4/c1-35-28(44)34(48-5)18-46-19-38-24-13-9-7-11-22(24)30(16-32-27(43)36(2)33(17-41,50-49-32)29(45)40(32)25(30)38)39-15-20(21-10-6-8-12-23(21)39)14-31(35,47-4)26(42)37(34)3/h6-13,15,25,41H,14,16-19H2,1-5H3/t25?,30-,31-,32-,33-,34-/m0/s1. The van der Waals surface area contributed by atoms with Crippen LogP contribution in [-0.2, 0) is 35.9 Å². The van der Waals surface area contributed by atoms with Gasteiger partial charge in [-0.1, -0.05) is 47.2 Å². The molecule has 0 radical (unpaired) electrons. The topological polar surface area (TPSA) is 119 Å². The molecule has 8 aliphatic heterocycles. The summed E-state index contributed by atoms with van der Waals surface area (Å²) in [5.41, 5.74) is 2.58. The molecule has 2 aromatic carbocycles. The molecular formula is C34H36N6O6S4. The summed E-state index contributed by atoms with van der Waals surface area (Å²) in [4.78, 5) is 61.7. The van der Waals surface area contributed by atoms with Gasteiger partial charge in [-0.2, -0.15) is 0 Å². The minimum Gasteiger partial charge on any atom is -0.392 e. The Kier molecular flexibility index (Phi) is 6.92. The molecule has 12 nitrogen and oxygen atoms in total. The number of aromatic nitrogens is 1. The number of carbonyl (C=O) groups excluding carboxylic acids is 4. The number of aliphatic hydroxyl groups excluding tert-OH is 1. The molecule has 3 aromatic rings. The van der Waals surface area contributed by atoms with Gasteiger partial charge in [0.2, 0.25) is 4.87 Å². The lowest BCUT2D eigenvalue weighted by molar-refractivity contribution is -0.168. The van der Waals surface area contributed by atoms with Crippen molar-refractivity contribution in [1.82, 2.24) is 24.2 Å². The Morgan fingerprint density at radius 2 is 1.54 bits per heavy atom. The monoisotopic (exact) mass is 752 g/mol. The first-order chi connectivity index (χ1) is 24.0. The van der Waals surface area contributed by atoms with Crippen LogP contribution in [0.3, 0.4) is 0 Å². The number of thioether (sulfide) groups is 2. The molecule has 0 aliphatic carbocycles. The number of benzene rings is 2. The number of ether oxygens (including phenoxy) is 1. The van der Waals surface area contributed by atoms with Gasteiger partial charge in [0.05, 0.1) is 13.2 Å². The predicted octanol–water partition coefficient (Wildman–Crippen LogP) is 2.59. The number of anilines is 1. The molecule has 50 heavy (non-hydrogen) atoms. The second-order valence-corrected chi connectivity index (χ2v) is 18.6. The van der Waals surface area contributed by atoms with Gasteiger partial charge < -0.3 is 34.0 Å². The first kappa shape index (κ1) is 32.9. The maximum Gasteiger partial charge on any atom is 0.265 e. The molecule has 9 heterocycles. The number of hydrogen-bond acceptors (Lipinski definition) is 11. The van der Waals surface area contributed by atoms with Gasteiger partial charge >= 0.3 is 0 Å². The molecule has 4 amide bonds. The molecule has 1 aromatic heterocycles. The maximum absolute atomic E-state index is 14.9. The summed E-state index contributed by atoms with van der Waals surface area (Å²) in [6, 6.07) is 16.0. The van der Waals surface area contributed by atoms with Crippen molar-refractivity contribution in [3.05, 3.63) is 65.9 Å². The van der Waals surface area contributed by atoms with Crippen LogP contribution in [0.15, 0.2) is 54.7 Å². The summed E-state index contributed by atoms with van der Waals surface area (Å²) >= 11 is 2.62. The summed E-state index contributed by atoms with van der Waals surface area (Å²) < 4.78 is 8.78. The maximum atomic E-state index is 14.9. The molecule has 5 fully saturated rings. The minimum absolute atomic E-state index is 0.0294. The summed E-state index contributed by atoms with van der Waals surface area (Å²) in [5, 5.41) is 11.7. The van der Waals surface area contributed by atoms with Crippen LogP contribution in [0.25, 0.3) is 10.9 Å². The molecule has 6 atom stereocenters. The Morgan fingerprint density at radius 3 is 2.28 bits per heavy atom. The fourth-order valence-corrected chi connectivity index (χ4v) is 14.8. The number of aliphatic hydroxyl groups is 1. The number of likely N-dealkylation sites (N-methyl/N-ethyl adjacent to an activating group) is 3. The van der Waals surface area contributed by atoms with Crippen LogP contribution >= 0.6 is 45.1 Å². The quantitative estimate of drug-likeness (QED) is 0.398. The van der Waals surface area contributed by atoms with E-state index in [0.29, 0.717) is 0 Å².